The molecule has 7 heteroatoms. The number of carbonyl (C=O) groups excluding carboxylic acids is 4. The van der Waals surface area contributed by atoms with Gasteiger partial charge in [-0.3, -0.25) is 19.3 Å². The molecule has 1 saturated heterocycles. The van der Waals surface area contributed by atoms with Crippen LogP contribution in [-0.2, 0) is 14.3 Å². The molecular formula is C25H24N2O5. The number of rotatable bonds is 6. The van der Waals surface area contributed by atoms with Crippen molar-refractivity contribution in [3.63, 3.8) is 0 Å². The molecule has 0 radical (unpaired) electrons. The summed E-state index contributed by atoms with van der Waals surface area (Å²) in [5.74, 6) is -2.21. The minimum atomic E-state index is -1.02. The maximum atomic E-state index is 13.3. The molecule has 0 unspecified atom stereocenters. The summed E-state index contributed by atoms with van der Waals surface area (Å²) in [5.41, 5.74) is 1.46. The summed E-state index contributed by atoms with van der Waals surface area (Å²) in [7, 11) is 1.28. The van der Waals surface area contributed by atoms with Gasteiger partial charge >= 0.3 is 5.97 Å². The maximum absolute atomic E-state index is 13.3. The fourth-order valence-electron chi connectivity index (χ4n) is 4.36. The number of β-lactam (4-membered cyclic amide) rings is 1. The summed E-state index contributed by atoms with van der Waals surface area (Å²) in [6.45, 7) is 3.64. The van der Waals surface area contributed by atoms with Gasteiger partial charge in [-0.2, -0.15) is 0 Å². The van der Waals surface area contributed by atoms with E-state index in [1.807, 2.05) is 50.3 Å². The minimum absolute atomic E-state index is 0.220. The van der Waals surface area contributed by atoms with Crippen LogP contribution in [0.15, 0.2) is 60.7 Å². The van der Waals surface area contributed by atoms with E-state index in [0.29, 0.717) is 0 Å². The van der Waals surface area contributed by atoms with Crippen molar-refractivity contribution in [1.29, 1.82) is 0 Å². The smallest absolute Gasteiger partial charge is 0.328 e. The first-order valence-electron chi connectivity index (χ1n) is 10.5. The average Bonchev–Trinajstić information content (AvgIpc) is 3.05. The van der Waals surface area contributed by atoms with Gasteiger partial charge in [-0.05, 0) is 23.6 Å². The predicted octanol–water partition coefficient (Wildman–Crippen LogP) is 2.77. The molecule has 0 spiro atoms. The van der Waals surface area contributed by atoms with Gasteiger partial charge in [0.25, 0.3) is 11.8 Å². The van der Waals surface area contributed by atoms with Crippen LogP contribution in [0.2, 0.25) is 0 Å². The van der Waals surface area contributed by atoms with E-state index in [1.165, 1.54) is 12.0 Å². The van der Waals surface area contributed by atoms with Gasteiger partial charge in [-0.1, -0.05) is 68.5 Å². The van der Waals surface area contributed by atoms with Gasteiger partial charge in [0.1, 0.15) is 12.1 Å². The van der Waals surface area contributed by atoms with Crippen molar-refractivity contribution in [3.05, 3.63) is 77.4 Å². The number of hydrogen-bond donors (Lipinski definition) is 0. The van der Waals surface area contributed by atoms with E-state index >= 15 is 0 Å². The molecule has 2 aliphatic heterocycles. The van der Waals surface area contributed by atoms with Crippen molar-refractivity contribution in [2.75, 3.05) is 7.11 Å². The number of ether oxygens (including phenoxy) is 1. The van der Waals surface area contributed by atoms with Gasteiger partial charge in [-0.25, -0.2) is 4.79 Å². The molecule has 4 rings (SSSR count). The topological polar surface area (TPSA) is 84.0 Å². The lowest BCUT2D eigenvalue weighted by Crippen LogP contribution is -2.74. The van der Waals surface area contributed by atoms with E-state index in [4.69, 9.17) is 4.74 Å². The van der Waals surface area contributed by atoms with E-state index in [1.54, 1.807) is 30.3 Å². The van der Waals surface area contributed by atoms with Gasteiger partial charge in [0, 0.05) is 0 Å². The Balaban J connectivity index is 1.72. The summed E-state index contributed by atoms with van der Waals surface area (Å²) >= 11 is 0. The Morgan fingerprint density at radius 3 is 2.03 bits per heavy atom. The second-order valence-electron chi connectivity index (χ2n) is 8.19. The Bertz CT molecular complexity index is 1070. The first-order chi connectivity index (χ1) is 15.4. The van der Waals surface area contributed by atoms with Gasteiger partial charge in [-0.15, -0.1) is 0 Å². The number of esters is 1. The monoisotopic (exact) mass is 432 g/mol. The molecule has 2 aliphatic rings. The lowest BCUT2D eigenvalue weighted by atomic mass is 9.86. The van der Waals surface area contributed by atoms with Gasteiger partial charge in [0.2, 0.25) is 5.91 Å². The Morgan fingerprint density at radius 1 is 0.938 bits per heavy atom. The SMILES string of the molecule is COC(=O)[C@H](C(C)C)N1C(=O)[C@H](N2C(=O)c3ccccc3C2=O)[C@H]1C=Cc1ccccc1. The highest BCUT2D eigenvalue weighted by atomic mass is 16.5. The highest BCUT2D eigenvalue weighted by molar-refractivity contribution is 6.23. The zero-order valence-electron chi connectivity index (χ0n) is 18.1. The number of imide groups is 1. The molecule has 2 aromatic carbocycles. The van der Waals surface area contributed by atoms with Crippen LogP contribution in [0.25, 0.3) is 6.08 Å². The third-order valence-electron chi connectivity index (χ3n) is 5.92. The van der Waals surface area contributed by atoms with Crippen molar-refractivity contribution >= 4 is 29.8 Å². The fraction of sp³-hybridized carbons (Fsp3) is 0.280. The van der Waals surface area contributed by atoms with E-state index in [9.17, 15) is 19.2 Å². The quantitative estimate of drug-likeness (QED) is 0.398. The minimum Gasteiger partial charge on any atom is -0.467 e. The summed E-state index contributed by atoms with van der Waals surface area (Å²) < 4.78 is 4.94. The van der Waals surface area contributed by atoms with E-state index in [2.05, 4.69) is 0 Å². The highest BCUT2D eigenvalue weighted by Crippen LogP contribution is 2.36. The molecule has 7 nitrogen and oxygen atoms in total. The van der Waals surface area contributed by atoms with Crippen LogP contribution < -0.4 is 0 Å². The zero-order chi connectivity index (χ0) is 23.0. The normalized spacial score (nSPS) is 21.2. The molecule has 2 heterocycles. The second-order valence-corrected chi connectivity index (χ2v) is 8.19. The van der Waals surface area contributed by atoms with Crippen LogP contribution >= 0.6 is 0 Å². The summed E-state index contributed by atoms with van der Waals surface area (Å²) in [4.78, 5) is 54.3. The first-order valence-corrected chi connectivity index (χ1v) is 10.5. The Hall–Kier alpha value is -3.74. The van der Waals surface area contributed by atoms with Crippen LogP contribution in [-0.4, -0.2) is 58.7 Å². The molecule has 0 N–H and O–H groups in total. The molecular weight excluding hydrogens is 408 g/mol. The maximum Gasteiger partial charge on any atom is 0.328 e. The van der Waals surface area contributed by atoms with Crippen molar-refractivity contribution < 1.29 is 23.9 Å². The molecule has 164 valence electrons. The second kappa shape index (κ2) is 8.42. The fourth-order valence-corrected chi connectivity index (χ4v) is 4.36. The summed E-state index contributed by atoms with van der Waals surface area (Å²) in [5, 5.41) is 0. The number of amides is 3. The zero-order valence-corrected chi connectivity index (χ0v) is 18.1. The number of benzene rings is 2. The summed E-state index contributed by atoms with van der Waals surface area (Å²) in [6.07, 6.45) is 3.59. The van der Waals surface area contributed by atoms with E-state index < -0.39 is 41.8 Å². The Morgan fingerprint density at radius 2 is 1.50 bits per heavy atom. The third-order valence-corrected chi connectivity index (χ3v) is 5.92. The summed E-state index contributed by atoms with van der Waals surface area (Å²) in [6, 6.07) is 13.5. The van der Waals surface area contributed by atoms with Gasteiger partial charge in [0.05, 0.1) is 24.3 Å². The van der Waals surface area contributed by atoms with Crippen molar-refractivity contribution in [1.82, 2.24) is 9.80 Å². The number of carbonyl (C=O) groups is 4. The van der Waals surface area contributed by atoms with Crippen molar-refractivity contribution in [2.24, 2.45) is 5.92 Å². The van der Waals surface area contributed by atoms with Crippen LogP contribution in [0.5, 0.6) is 0 Å². The molecule has 3 amide bonds. The molecule has 0 aromatic heterocycles. The Labute approximate surface area is 186 Å². The van der Waals surface area contributed by atoms with Gasteiger partial charge in [0.15, 0.2) is 0 Å². The molecule has 3 atom stereocenters. The van der Waals surface area contributed by atoms with Gasteiger partial charge < -0.3 is 9.64 Å². The van der Waals surface area contributed by atoms with Crippen molar-refractivity contribution in [3.8, 4) is 0 Å². The highest BCUT2D eigenvalue weighted by Gasteiger charge is 2.58. The van der Waals surface area contributed by atoms with Crippen LogP contribution in [0.4, 0.5) is 0 Å². The van der Waals surface area contributed by atoms with Crippen LogP contribution in [0.1, 0.15) is 40.1 Å². The molecule has 2 aromatic rings. The Kier molecular flexibility index (Phi) is 5.65. The largest absolute Gasteiger partial charge is 0.467 e. The number of nitrogens with zero attached hydrogens (tertiary/aromatic N) is 2. The van der Waals surface area contributed by atoms with Crippen LogP contribution in [0.3, 0.4) is 0 Å². The van der Waals surface area contributed by atoms with E-state index in [0.717, 1.165) is 10.5 Å². The molecule has 32 heavy (non-hydrogen) atoms. The van der Waals surface area contributed by atoms with Crippen molar-refractivity contribution in [2.45, 2.75) is 32.0 Å². The lowest BCUT2D eigenvalue weighted by Gasteiger charge is -2.51. The third kappa shape index (κ3) is 3.39. The molecule has 0 saturated carbocycles. The molecule has 1 fully saturated rings. The number of fused-ring (bicyclic) bond motifs is 1. The first kappa shape index (κ1) is 21.5. The molecule has 0 bridgehead atoms. The average molecular weight is 432 g/mol. The number of methoxy groups -OCH3 is 1. The lowest BCUT2D eigenvalue weighted by molar-refractivity contribution is -0.170. The van der Waals surface area contributed by atoms with Crippen LogP contribution in [0, 0.1) is 5.92 Å². The predicted molar refractivity (Wildman–Crippen MR) is 117 cm³/mol. The standard InChI is InChI=1S/C25H24N2O5/c1-15(2)20(25(31)32-3)26-19(14-13-16-9-5-4-6-10-16)21(24(26)30)27-22(28)17-11-7-8-12-18(17)23(27)29/h4-15,19-21H,1-3H3/t19-,20+,21-/m1/s1. The number of hydrogen-bond acceptors (Lipinski definition) is 5. The van der Waals surface area contributed by atoms with E-state index in [-0.39, 0.29) is 17.0 Å². The molecule has 0 aliphatic carbocycles. The number of likely N-dealkylation sites (tertiary alicyclic amines) is 1.